The standard InChI is InChI=1S/C22H20O2/c1-14-8-18-11-21-22(24-13-23-21)12-20(18)19(14)7-6-15-9-16-4-2-3-5-17(16)10-15/h2-5,8-9,11-12,22H,6-7,10,13H2,1H3. The number of rotatable bonds is 3. The summed E-state index contributed by atoms with van der Waals surface area (Å²) in [6.45, 7) is 2.59. The minimum absolute atomic E-state index is 0.00741. The second-order valence-electron chi connectivity index (χ2n) is 6.92. The number of benzene rings is 1. The molecule has 0 amide bonds. The third-order valence-corrected chi connectivity index (χ3v) is 5.38. The Bertz CT molecular complexity index is 877. The fourth-order valence-electron chi connectivity index (χ4n) is 4.13. The lowest BCUT2D eigenvalue weighted by molar-refractivity contribution is 0.0629. The zero-order valence-corrected chi connectivity index (χ0v) is 13.8. The number of hydrogen-bond acceptors (Lipinski definition) is 2. The third kappa shape index (κ3) is 2.22. The van der Waals surface area contributed by atoms with Crippen molar-refractivity contribution in [1.29, 1.82) is 0 Å². The van der Waals surface area contributed by atoms with Gasteiger partial charge in [0.1, 0.15) is 11.9 Å². The van der Waals surface area contributed by atoms with E-state index >= 15 is 0 Å². The van der Waals surface area contributed by atoms with Crippen molar-refractivity contribution < 1.29 is 9.47 Å². The van der Waals surface area contributed by atoms with Crippen LogP contribution in [0.15, 0.2) is 76.1 Å². The summed E-state index contributed by atoms with van der Waals surface area (Å²) in [5, 5.41) is 0. The van der Waals surface area contributed by atoms with Gasteiger partial charge in [-0.3, -0.25) is 0 Å². The molecule has 0 aromatic heterocycles. The first-order valence-electron chi connectivity index (χ1n) is 8.65. The molecule has 5 rings (SSSR count). The molecule has 24 heavy (non-hydrogen) atoms. The van der Waals surface area contributed by atoms with Crippen LogP contribution in [0.4, 0.5) is 0 Å². The van der Waals surface area contributed by atoms with Gasteiger partial charge in [-0.05, 0) is 71.8 Å². The molecule has 1 unspecified atom stereocenters. The van der Waals surface area contributed by atoms with Crippen molar-refractivity contribution in [3.63, 3.8) is 0 Å². The molecule has 1 heterocycles. The van der Waals surface area contributed by atoms with Gasteiger partial charge in [0.05, 0.1) is 0 Å². The van der Waals surface area contributed by atoms with E-state index in [-0.39, 0.29) is 6.10 Å². The van der Waals surface area contributed by atoms with Gasteiger partial charge < -0.3 is 9.47 Å². The van der Waals surface area contributed by atoms with Crippen molar-refractivity contribution in [3.05, 3.63) is 87.2 Å². The van der Waals surface area contributed by atoms with Gasteiger partial charge in [-0.15, -0.1) is 0 Å². The second kappa shape index (κ2) is 5.35. The monoisotopic (exact) mass is 316 g/mol. The van der Waals surface area contributed by atoms with Crippen molar-refractivity contribution in [2.45, 2.75) is 32.3 Å². The van der Waals surface area contributed by atoms with Gasteiger partial charge in [0, 0.05) is 0 Å². The van der Waals surface area contributed by atoms with E-state index in [1.54, 1.807) is 0 Å². The first-order chi connectivity index (χ1) is 11.8. The van der Waals surface area contributed by atoms with E-state index in [0.29, 0.717) is 6.79 Å². The van der Waals surface area contributed by atoms with E-state index in [4.69, 9.17) is 9.47 Å². The Hall–Kier alpha value is -2.32. The summed E-state index contributed by atoms with van der Waals surface area (Å²) in [5.74, 6) is 0.952. The summed E-state index contributed by atoms with van der Waals surface area (Å²) in [6.07, 6.45) is 12.4. The highest BCUT2D eigenvalue weighted by Gasteiger charge is 2.30. The summed E-state index contributed by atoms with van der Waals surface area (Å²) in [5.41, 5.74) is 9.87. The molecule has 0 radical (unpaired) electrons. The summed E-state index contributed by atoms with van der Waals surface area (Å²) < 4.78 is 11.2. The van der Waals surface area contributed by atoms with Crippen LogP contribution in [0.5, 0.6) is 0 Å². The number of allylic oxidation sites excluding steroid dienone is 7. The van der Waals surface area contributed by atoms with Gasteiger partial charge >= 0.3 is 0 Å². The molecule has 1 fully saturated rings. The minimum atomic E-state index is 0.00741. The number of hydrogen-bond donors (Lipinski definition) is 0. The molecule has 1 atom stereocenters. The van der Waals surface area contributed by atoms with Gasteiger partial charge in [0.15, 0.2) is 6.79 Å². The van der Waals surface area contributed by atoms with Crippen LogP contribution in [0.3, 0.4) is 0 Å². The van der Waals surface area contributed by atoms with Gasteiger partial charge in [-0.25, -0.2) is 0 Å². The van der Waals surface area contributed by atoms with E-state index in [2.05, 4.69) is 55.5 Å². The molecule has 4 aliphatic rings. The summed E-state index contributed by atoms with van der Waals surface area (Å²) in [7, 11) is 0. The predicted molar refractivity (Wildman–Crippen MR) is 95.1 cm³/mol. The molecule has 0 spiro atoms. The molecule has 3 aliphatic carbocycles. The fourth-order valence-corrected chi connectivity index (χ4v) is 4.13. The molecule has 0 N–H and O–H groups in total. The summed E-state index contributed by atoms with van der Waals surface area (Å²) >= 11 is 0. The van der Waals surface area contributed by atoms with Gasteiger partial charge in [0.25, 0.3) is 0 Å². The molecule has 2 heteroatoms. The van der Waals surface area contributed by atoms with E-state index in [1.165, 1.54) is 39.0 Å². The van der Waals surface area contributed by atoms with E-state index in [9.17, 15) is 0 Å². The zero-order chi connectivity index (χ0) is 16.1. The molecule has 1 aromatic rings. The number of fused-ring (bicyclic) bond motifs is 3. The Labute approximate surface area is 142 Å². The molecule has 1 saturated heterocycles. The third-order valence-electron chi connectivity index (χ3n) is 5.38. The molecule has 1 aromatic carbocycles. The number of ether oxygens (including phenoxy) is 2. The largest absolute Gasteiger partial charge is 0.469 e. The highest BCUT2D eigenvalue weighted by molar-refractivity contribution is 5.67. The maximum absolute atomic E-state index is 5.64. The van der Waals surface area contributed by atoms with Crippen LogP contribution in [-0.2, 0) is 15.9 Å². The highest BCUT2D eigenvalue weighted by Crippen LogP contribution is 2.41. The minimum Gasteiger partial charge on any atom is -0.469 e. The van der Waals surface area contributed by atoms with Crippen LogP contribution in [0.25, 0.3) is 6.08 Å². The highest BCUT2D eigenvalue weighted by atomic mass is 16.7. The lowest BCUT2D eigenvalue weighted by atomic mass is 9.91. The normalized spacial score (nSPS) is 23.8. The van der Waals surface area contributed by atoms with Crippen LogP contribution in [0.2, 0.25) is 0 Å². The molecule has 0 saturated carbocycles. The Morgan fingerprint density at radius 3 is 2.92 bits per heavy atom. The van der Waals surface area contributed by atoms with Crippen LogP contribution in [0.1, 0.15) is 30.9 Å². The lowest BCUT2D eigenvalue weighted by Crippen LogP contribution is -2.10. The smallest absolute Gasteiger partial charge is 0.189 e. The first kappa shape index (κ1) is 14.1. The van der Waals surface area contributed by atoms with Gasteiger partial charge in [0.2, 0.25) is 0 Å². The fraction of sp³-hybridized carbons (Fsp3) is 0.273. The van der Waals surface area contributed by atoms with Crippen LogP contribution < -0.4 is 0 Å². The maximum atomic E-state index is 5.64. The van der Waals surface area contributed by atoms with Crippen LogP contribution in [-0.4, -0.2) is 12.9 Å². The average Bonchev–Trinajstić information content (AvgIpc) is 3.26. The Morgan fingerprint density at radius 2 is 2.00 bits per heavy atom. The quantitative estimate of drug-likeness (QED) is 0.793. The molecular weight excluding hydrogens is 296 g/mol. The second-order valence-corrected chi connectivity index (χ2v) is 6.92. The molecule has 2 nitrogen and oxygen atoms in total. The van der Waals surface area contributed by atoms with Crippen molar-refractivity contribution in [1.82, 2.24) is 0 Å². The molecule has 120 valence electrons. The first-order valence-corrected chi connectivity index (χ1v) is 8.65. The van der Waals surface area contributed by atoms with E-state index in [0.717, 1.165) is 25.0 Å². The van der Waals surface area contributed by atoms with Crippen molar-refractivity contribution in [2.75, 3.05) is 6.79 Å². The maximum Gasteiger partial charge on any atom is 0.189 e. The molecule has 0 bridgehead atoms. The SMILES string of the molecule is CC1=C(CCC2=Cc3ccccc3C2)C2=CC3OCOC3=CC2=C1. The Balaban J connectivity index is 1.33. The van der Waals surface area contributed by atoms with Crippen LogP contribution >= 0.6 is 0 Å². The average molecular weight is 316 g/mol. The van der Waals surface area contributed by atoms with E-state index in [1.807, 2.05) is 0 Å². The van der Waals surface area contributed by atoms with Gasteiger partial charge in [-0.1, -0.05) is 42.0 Å². The molecule has 1 aliphatic heterocycles. The van der Waals surface area contributed by atoms with Crippen molar-refractivity contribution in [2.24, 2.45) is 0 Å². The van der Waals surface area contributed by atoms with Gasteiger partial charge in [-0.2, -0.15) is 0 Å². The topological polar surface area (TPSA) is 18.5 Å². The van der Waals surface area contributed by atoms with Crippen molar-refractivity contribution in [3.8, 4) is 0 Å². The van der Waals surface area contributed by atoms with Crippen molar-refractivity contribution >= 4 is 6.08 Å². The molecular formula is C22H20O2. The Kier molecular flexibility index (Phi) is 3.14. The zero-order valence-electron chi connectivity index (χ0n) is 13.8. The summed E-state index contributed by atoms with van der Waals surface area (Å²) in [6, 6.07) is 8.72. The predicted octanol–water partition coefficient (Wildman–Crippen LogP) is 4.86. The van der Waals surface area contributed by atoms with Crippen LogP contribution in [0, 0.1) is 0 Å². The summed E-state index contributed by atoms with van der Waals surface area (Å²) in [4.78, 5) is 0. The lowest BCUT2D eigenvalue weighted by Gasteiger charge is -2.17. The Morgan fingerprint density at radius 1 is 1.08 bits per heavy atom. The van der Waals surface area contributed by atoms with E-state index < -0.39 is 0 Å².